The van der Waals surface area contributed by atoms with Gasteiger partial charge in [-0.2, -0.15) is 0 Å². The highest BCUT2D eigenvalue weighted by atomic mass is 16.5. The molecule has 0 fully saturated rings. The number of carbonyl (C=O) groups excluding carboxylic acids is 1. The second-order valence-corrected chi connectivity index (χ2v) is 6.11. The van der Waals surface area contributed by atoms with E-state index < -0.39 is 0 Å². The topological polar surface area (TPSA) is 71.3 Å². The molecule has 0 radical (unpaired) electrons. The lowest BCUT2D eigenvalue weighted by Crippen LogP contribution is -2.10. The first kappa shape index (κ1) is 16.1. The summed E-state index contributed by atoms with van der Waals surface area (Å²) in [5, 5.41) is 0.809. The first-order valence-corrected chi connectivity index (χ1v) is 7.73. The number of aromatic nitrogens is 1. The maximum atomic E-state index is 12.3. The number of nitrogens with one attached hydrogen (secondary N) is 1. The number of carbonyl (C=O) groups is 1. The van der Waals surface area contributed by atoms with Gasteiger partial charge in [0.25, 0.3) is 0 Å². The van der Waals surface area contributed by atoms with Crippen molar-refractivity contribution in [2.75, 3.05) is 26.9 Å². The number of anilines is 1. The van der Waals surface area contributed by atoms with E-state index in [0.717, 1.165) is 28.7 Å². The average molecular weight is 323 g/mol. The monoisotopic (exact) mass is 323 g/mol. The van der Waals surface area contributed by atoms with E-state index in [4.69, 9.17) is 10.5 Å². The largest absolute Gasteiger partial charge is 0.465 e. The minimum Gasteiger partial charge on any atom is -0.465 e. The van der Waals surface area contributed by atoms with Gasteiger partial charge in [-0.05, 0) is 49.5 Å². The molecule has 0 aliphatic heterocycles. The van der Waals surface area contributed by atoms with E-state index in [1.165, 1.54) is 12.7 Å². The Balaban J connectivity index is 2.20. The molecule has 0 saturated carbocycles. The van der Waals surface area contributed by atoms with Crippen molar-refractivity contribution < 1.29 is 9.53 Å². The summed E-state index contributed by atoms with van der Waals surface area (Å²) in [5.41, 5.74) is 10.7. The van der Waals surface area contributed by atoms with Gasteiger partial charge in [-0.25, -0.2) is 4.79 Å². The molecule has 3 aromatic rings. The van der Waals surface area contributed by atoms with Crippen LogP contribution in [0.5, 0.6) is 0 Å². The third-order valence-electron chi connectivity index (χ3n) is 3.93. The van der Waals surface area contributed by atoms with Crippen molar-refractivity contribution in [1.29, 1.82) is 0 Å². The Bertz CT molecular complexity index is 897. The smallest absolute Gasteiger partial charge is 0.340 e. The average Bonchev–Trinajstić information content (AvgIpc) is 2.92. The number of fused-ring (bicyclic) bond motifs is 1. The van der Waals surface area contributed by atoms with Gasteiger partial charge in [-0.3, -0.25) is 0 Å². The van der Waals surface area contributed by atoms with Crippen LogP contribution >= 0.6 is 0 Å². The van der Waals surface area contributed by atoms with Crippen molar-refractivity contribution in [2.24, 2.45) is 0 Å². The Labute approximate surface area is 141 Å². The van der Waals surface area contributed by atoms with Crippen molar-refractivity contribution in [3.05, 3.63) is 53.6 Å². The molecule has 0 amide bonds. The van der Waals surface area contributed by atoms with Gasteiger partial charge in [0.2, 0.25) is 0 Å². The summed E-state index contributed by atoms with van der Waals surface area (Å²) in [6.45, 7) is 0.828. The standard InChI is InChI=1S/C19H21N3O2/c1-22(2)11-12-5-4-6-13(9-12)18-17(19(23)24-3)15-8-7-14(20)10-16(15)21-18/h4-10,21H,11,20H2,1-3H3. The normalized spacial score (nSPS) is 11.2. The molecule has 0 atom stereocenters. The van der Waals surface area contributed by atoms with Gasteiger partial charge in [0.1, 0.15) is 0 Å². The number of methoxy groups -OCH3 is 1. The molecule has 0 aliphatic rings. The van der Waals surface area contributed by atoms with E-state index in [-0.39, 0.29) is 5.97 Å². The van der Waals surface area contributed by atoms with Crippen molar-refractivity contribution in [1.82, 2.24) is 9.88 Å². The van der Waals surface area contributed by atoms with Crippen LogP contribution in [0.4, 0.5) is 5.69 Å². The summed E-state index contributed by atoms with van der Waals surface area (Å²) in [7, 11) is 5.45. The van der Waals surface area contributed by atoms with Crippen molar-refractivity contribution in [3.63, 3.8) is 0 Å². The minimum absolute atomic E-state index is 0.362. The lowest BCUT2D eigenvalue weighted by Gasteiger charge is -2.11. The molecule has 3 rings (SSSR count). The van der Waals surface area contributed by atoms with Gasteiger partial charge in [0.15, 0.2) is 0 Å². The number of hydrogen-bond acceptors (Lipinski definition) is 4. The second kappa shape index (κ2) is 6.37. The number of esters is 1. The Hall–Kier alpha value is -2.79. The molecule has 24 heavy (non-hydrogen) atoms. The molecule has 5 heteroatoms. The predicted octanol–water partition coefficient (Wildman–Crippen LogP) is 3.27. The molecule has 0 spiro atoms. The highest BCUT2D eigenvalue weighted by Crippen LogP contribution is 2.32. The quantitative estimate of drug-likeness (QED) is 0.571. The molecule has 0 unspecified atom stereocenters. The third-order valence-corrected chi connectivity index (χ3v) is 3.93. The van der Waals surface area contributed by atoms with Crippen molar-refractivity contribution in [3.8, 4) is 11.3 Å². The summed E-state index contributed by atoms with van der Waals surface area (Å²) in [5.74, 6) is -0.362. The van der Waals surface area contributed by atoms with Crippen LogP contribution < -0.4 is 5.73 Å². The maximum Gasteiger partial charge on any atom is 0.340 e. The summed E-state index contributed by atoms with van der Waals surface area (Å²) in [4.78, 5) is 17.8. The molecule has 0 bridgehead atoms. The number of hydrogen-bond donors (Lipinski definition) is 2. The van der Waals surface area contributed by atoms with E-state index in [0.29, 0.717) is 11.3 Å². The summed E-state index contributed by atoms with van der Waals surface area (Å²) in [6.07, 6.45) is 0. The van der Waals surface area contributed by atoms with Gasteiger partial charge in [-0.15, -0.1) is 0 Å². The summed E-state index contributed by atoms with van der Waals surface area (Å²) >= 11 is 0. The lowest BCUT2D eigenvalue weighted by atomic mass is 10.0. The highest BCUT2D eigenvalue weighted by molar-refractivity contribution is 6.10. The molecule has 1 aromatic heterocycles. The zero-order chi connectivity index (χ0) is 17.3. The summed E-state index contributed by atoms with van der Waals surface area (Å²) < 4.78 is 4.99. The van der Waals surface area contributed by atoms with Crippen LogP contribution in [0.15, 0.2) is 42.5 Å². The third kappa shape index (κ3) is 2.98. The second-order valence-electron chi connectivity index (χ2n) is 6.11. The lowest BCUT2D eigenvalue weighted by molar-refractivity contribution is 0.0604. The van der Waals surface area contributed by atoms with E-state index >= 15 is 0 Å². The molecule has 3 N–H and O–H groups in total. The van der Waals surface area contributed by atoms with E-state index in [9.17, 15) is 4.79 Å². The predicted molar refractivity (Wildman–Crippen MR) is 96.9 cm³/mol. The fraction of sp³-hybridized carbons (Fsp3) is 0.211. The fourth-order valence-corrected chi connectivity index (χ4v) is 2.94. The SMILES string of the molecule is COC(=O)c1c(-c2cccc(CN(C)C)c2)[nH]c2cc(N)ccc12. The molecule has 5 nitrogen and oxygen atoms in total. The van der Waals surface area contributed by atoms with Crippen LogP contribution in [0.2, 0.25) is 0 Å². The molecule has 2 aromatic carbocycles. The summed E-state index contributed by atoms with van der Waals surface area (Å²) in [6, 6.07) is 13.6. The van der Waals surface area contributed by atoms with Crippen LogP contribution in [0.25, 0.3) is 22.2 Å². The van der Waals surface area contributed by atoms with Crippen LogP contribution in [0, 0.1) is 0 Å². The van der Waals surface area contributed by atoms with Crippen LogP contribution in [-0.4, -0.2) is 37.1 Å². The molecule has 1 heterocycles. The van der Waals surface area contributed by atoms with Gasteiger partial charge in [0.05, 0.1) is 18.4 Å². The van der Waals surface area contributed by atoms with E-state index in [1.807, 2.05) is 38.4 Å². The van der Waals surface area contributed by atoms with E-state index in [1.54, 1.807) is 6.07 Å². The van der Waals surface area contributed by atoms with Gasteiger partial charge in [0, 0.05) is 23.1 Å². The van der Waals surface area contributed by atoms with E-state index in [2.05, 4.69) is 22.0 Å². The zero-order valence-electron chi connectivity index (χ0n) is 14.1. The van der Waals surface area contributed by atoms with Crippen molar-refractivity contribution in [2.45, 2.75) is 6.54 Å². The number of nitrogens with two attached hydrogens (primary N) is 1. The molecular formula is C19H21N3O2. The van der Waals surface area contributed by atoms with Gasteiger partial charge < -0.3 is 20.4 Å². The number of H-pyrrole nitrogens is 1. The molecular weight excluding hydrogens is 302 g/mol. The Morgan fingerprint density at radius 2 is 2.00 bits per heavy atom. The van der Waals surface area contributed by atoms with Crippen LogP contribution in [0.3, 0.4) is 0 Å². The molecule has 0 aliphatic carbocycles. The van der Waals surface area contributed by atoms with Gasteiger partial charge in [-0.1, -0.05) is 18.2 Å². The Morgan fingerprint density at radius 3 is 2.71 bits per heavy atom. The minimum atomic E-state index is -0.362. The number of rotatable bonds is 4. The van der Waals surface area contributed by atoms with Gasteiger partial charge >= 0.3 is 5.97 Å². The molecule has 124 valence electrons. The first-order chi connectivity index (χ1) is 11.5. The van der Waals surface area contributed by atoms with Crippen molar-refractivity contribution >= 4 is 22.6 Å². The van der Waals surface area contributed by atoms with Crippen LogP contribution in [0.1, 0.15) is 15.9 Å². The number of nitrogens with zero attached hydrogens (tertiary/aromatic N) is 1. The first-order valence-electron chi connectivity index (χ1n) is 7.73. The highest BCUT2D eigenvalue weighted by Gasteiger charge is 2.20. The Morgan fingerprint density at radius 1 is 1.21 bits per heavy atom. The van der Waals surface area contributed by atoms with Crippen LogP contribution in [-0.2, 0) is 11.3 Å². The number of ether oxygens (including phenoxy) is 1. The fourth-order valence-electron chi connectivity index (χ4n) is 2.94. The zero-order valence-corrected chi connectivity index (χ0v) is 14.1. The Kier molecular flexibility index (Phi) is 4.27. The number of benzene rings is 2. The number of nitrogen functional groups attached to an aromatic ring is 1. The maximum absolute atomic E-state index is 12.3. The molecule has 0 saturated heterocycles. The number of aromatic amines is 1.